The Labute approximate surface area is 171 Å². The van der Waals surface area contributed by atoms with Gasteiger partial charge in [-0.1, -0.05) is 24.3 Å². The van der Waals surface area contributed by atoms with E-state index in [1.54, 1.807) is 25.1 Å². The normalized spacial score (nSPS) is 16.6. The van der Waals surface area contributed by atoms with E-state index in [2.05, 4.69) is 15.0 Å². The van der Waals surface area contributed by atoms with Crippen molar-refractivity contribution in [3.8, 4) is 11.5 Å². The van der Waals surface area contributed by atoms with E-state index in [0.717, 1.165) is 16.8 Å². The van der Waals surface area contributed by atoms with Crippen LogP contribution in [0, 0.1) is 13.8 Å². The number of hydrogen-bond donors (Lipinski definition) is 1. The highest BCUT2D eigenvalue weighted by Gasteiger charge is 2.24. The number of carbonyl (C=O) groups is 1. The number of benzene rings is 2. The molecule has 0 spiro atoms. The fraction of sp³-hybridized carbons (Fsp3) is 0.238. The monoisotopic (exact) mass is 418 g/mol. The molecule has 29 heavy (non-hydrogen) atoms. The molecular formula is C21H20F2N2O3S. The first-order chi connectivity index (χ1) is 13.9. The van der Waals surface area contributed by atoms with Crippen molar-refractivity contribution in [1.82, 2.24) is 5.32 Å². The molecule has 152 valence electrons. The van der Waals surface area contributed by atoms with Gasteiger partial charge in [0, 0.05) is 0 Å². The summed E-state index contributed by atoms with van der Waals surface area (Å²) in [4.78, 5) is 17.4. The molecule has 1 saturated heterocycles. The second-order valence-corrected chi connectivity index (χ2v) is 7.27. The Balaban J connectivity index is 1.86. The van der Waals surface area contributed by atoms with Crippen LogP contribution >= 0.6 is 11.8 Å². The van der Waals surface area contributed by atoms with Gasteiger partial charge in [0.05, 0.1) is 17.2 Å². The summed E-state index contributed by atoms with van der Waals surface area (Å²) in [5, 5.41) is 3.24. The number of carbonyl (C=O) groups excluding carboxylic acids is 1. The summed E-state index contributed by atoms with van der Waals surface area (Å²) in [6.45, 7) is 3.01. The average molecular weight is 418 g/mol. The Morgan fingerprint density at radius 3 is 2.55 bits per heavy atom. The van der Waals surface area contributed by atoms with Gasteiger partial charge in [-0.25, -0.2) is 4.99 Å². The molecule has 1 aliphatic heterocycles. The number of halogens is 2. The first kappa shape index (κ1) is 20.9. The van der Waals surface area contributed by atoms with E-state index >= 15 is 0 Å². The predicted molar refractivity (Wildman–Crippen MR) is 111 cm³/mol. The first-order valence-corrected chi connectivity index (χ1v) is 9.76. The zero-order chi connectivity index (χ0) is 21.0. The first-order valence-electron chi connectivity index (χ1n) is 8.95. The molecule has 1 N–H and O–H groups in total. The Hall–Kier alpha value is -2.87. The molecule has 1 amide bonds. The van der Waals surface area contributed by atoms with Crippen molar-refractivity contribution in [2.24, 2.45) is 4.99 Å². The Morgan fingerprint density at radius 1 is 1.17 bits per heavy atom. The van der Waals surface area contributed by atoms with Crippen molar-refractivity contribution in [3.63, 3.8) is 0 Å². The molecule has 1 fully saturated rings. The molecule has 2 aromatic rings. The number of thioether (sulfide) groups is 1. The van der Waals surface area contributed by atoms with E-state index in [4.69, 9.17) is 4.74 Å². The highest BCUT2D eigenvalue weighted by atomic mass is 32.2. The van der Waals surface area contributed by atoms with E-state index in [1.807, 2.05) is 32.0 Å². The lowest BCUT2D eigenvalue weighted by atomic mass is 10.1. The van der Waals surface area contributed by atoms with Gasteiger partial charge in [-0.3, -0.25) is 4.79 Å². The number of amidine groups is 1. The molecule has 1 heterocycles. The lowest BCUT2D eigenvalue weighted by molar-refractivity contribution is -0.115. The Kier molecular flexibility index (Phi) is 6.53. The number of nitrogens with zero attached hydrogens (tertiary/aromatic N) is 1. The van der Waals surface area contributed by atoms with Crippen LogP contribution in [0.2, 0.25) is 0 Å². The summed E-state index contributed by atoms with van der Waals surface area (Å²) in [7, 11) is 0. The van der Waals surface area contributed by atoms with Crippen LogP contribution in [-0.4, -0.2) is 24.3 Å². The smallest absolute Gasteiger partial charge is 0.387 e. The standard InChI is InChI=1S/C21H20F2N2O3S/c1-4-27-16-10-14(8-9-15(16)28-20(22)23)11-17-19(26)25-21(29-17)24-18-12(2)6-5-7-13(18)3/h5-11,20H,4H2,1-3H3,(H,24,25,26)/b17-11-. The number of aryl methyl sites for hydroxylation is 2. The number of hydrogen-bond acceptors (Lipinski definition) is 5. The summed E-state index contributed by atoms with van der Waals surface area (Å²) in [6, 6.07) is 10.4. The van der Waals surface area contributed by atoms with Crippen LogP contribution in [0.15, 0.2) is 46.3 Å². The lowest BCUT2D eigenvalue weighted by Gasteiger charge is -2.11. The molecule has 5 nitrogen and oxygen atoms in total. The highest BCUT2D eigenvalue weighted by molar-refractivity contribution is 8.18. The zero-order valence-corrected chi connectivity index (χ0v) is 17.0. The van der Waals surface area contributed by atoms with Gasteiger partial charge in [-0.05, 0) is 67.4 Å². The fourth-order valence-corrected chi connectivity index (χ4v) is 3.62. The maximum Gasteiger partial charge on any atom is 0.387 e. The van der Waals surface area contributed by atoms with Gasteiger partial charge >= 0.3 is 6.61 Å². The average Bonchev–Trinajstić information content (AvgIpc) is 2.99. The minimum absolute atomic E-state index is 0.0511. The van der Waals surface area contributed by atoms with Gasteiger partial charge in [-0.2, -0.15) is 8.78 Å². The van der Waals surface area contributed by atoms with Gasteiger partial charge in [0.2, 0.25) is 0 Å². The maximum absolute atomic E-state index is 12.5. The molecule has 8 heteroatoms. The zero-order valence-electron chi connectivity index (χ0n) is 16.2. The van der Waals surface area contributed by atoms with Crippen LogP contribution in [0.25, 0.3) is 6.08 Å². The maximum atomic E-state index is 12.5. The number of ether oxygens (including phenoxy) is 2. The molecule has 0 saturated carbocycles. The quantitative estimate of drug-likeness (QED) is 0.656. The number of rotatable bonds is 6. The van der Waals surface area contributed by atoms with Crippen LogP contribution < -0.4 is 14.8 Å². The Bertz CT molecular complexity index is 970. The second kappa shape index (κ2) is 9.09. The lowest BCUT2D eigenvalue weighted by Crippen LogP contribution is -2.19. The minimum Gasteiger partial charge on any atom is -0.490 e. The molecule has 2 aromatic carbocycles. The van der Waals surface area contributed by atoms with Crippen molar-refractivity contribution in [2.45, 2.75) is 27.4 Å². The summed E-state index contributed by atoms with van der Waals surface area (Å²) < 4.78 is 34.9. The van der Waals surface area contributed by atoms with E-state index in [9.17, 15) is 13.6 Å². The number of para-hydroxylation sites is 1. The number of nitrogens with one attached hydrogen (secondary N) is 1. The minimum atomic E-state index is -2.95. The molecule has 1 aliphatic rings. The van der Waals surface area contributed by atoms with E-state index < -0.39 is 6.61 Å². The molecule has 0 aliphatic carbocycles. The molecular weight excluding hydrogens is 398 g/mol. The predicted octanol–water partition coefficient (Wildman–Crippen LogP) is 5.20. The van der Waals surface area contributed by atoms with E-state index in [1.165, 1.54) is 17.8 Å². The fourth-order valence-electron chi connectivity index (χ4n) is 2.79. The molecule has 0 unspecified atom stereocenters. The van der Waals surface area contributed by atoms with Crippen LogP contribution in [0.4, 0.5) is 14.5 Å². The number of alkyl halides is 2. The van der Waals surface area contributed by atoms with Crippen LogP contribution in [0.1, 0.15) is 23.6 Å². The third kappa shape index (κ3) is 5.14. The van der Waals surface area contributed by atoms with Crippen molar-refractivity contribution < 1.29 is 23.0 Å². The van der Waals surface area contributed by atoms with E-state index in [-0.39, 0.29) is 17.4 Å². The van der Waals surface area contributed by atoms with Gasteiger partial charge in [0.15, 0.2) is 16.7 Å². The van der Waals surface area contributed by atoms with Crippen molar-refractivity contribution in [2.75, 3.05) is 6.61 Å². The SMILES string of the molecule is CCOc1cc(/C=C2\SC(=Nc3c(C)cccc3C)NC2=O)ccc1OC(F)F. The largest absolute Gasteiger partial charge is 0.490 e. The van der Waals surface area contributed by atoms with Crippen LogP contribution in [0.5, 0.6) is 11.5 Å². The van der Waals surface area contributed by atoms with Crippen LogP contribution in [-0.2, 0) is 4.79 Å². The number of amides is 1. The third-order valence-corrected chi connectivity index (χ3v) is 5.00. The molecule has 0 aromatic heterocycles. The molecule has 0 atom stereocenters. The van der Waals surface area contributed by atoms with Crippen molar-refractivity contribution in [1.29, 1.82) is 0 Å². The highest BCUT2D eigenvalue weighted by Crippen LogP contribution is 2.34. The van der Waals surface area contributed by atoms with Crippen molar-refractivity contribution >= 4 is 34.6 Å². The Morgan fingerprint density at radius 2 is 1.90 bits per heavy atom. The topological polar surface area (TPSA) is 59.9 Å². The summed E-state index contributed by atoms with van der Waals surface area (Å²) in [5.41, 5.74) is 3.48. The number of aliphatic imine (C=N–C) groups is 1. The van der Waals surface area contributed by atoms with Crippen molar-refractivity contribution in [3.05, 3.63) is 58.0 Å². The van der Waals surface area contributed by atoms with Gasteiger partial charge in [-0.15, -0.1) is 0 Å². The molecule has 0 bridgehead atoms. The summed E-state index contributed by atoms with van der Waals surface area (Å²) >= 11 is 1.22. The van der Waals surface area contributed by atoms with Crippen LogP contribution in [0.3, 0.4) is 0 Å². The summed E-state index contributed by atoms with van der Waals surface area (Å²) in [5.74, 6) is -0.134. The summed E-state index contributed by atoms with van der Waals surface area (Å²) in [6.07, 6.45) is 1.65. The third-order valence-electron chi connectivity index (χ3n) is 4.09. The van der Waals surface area contributed by atoms with E-state index in [0.29, 0.717) is 22.2 Å². The van der Waals surface area contributed by atoms with Gasteiger partial charge in [0.25, 0.3) is 5.91 Å². The van der Waals surface area contributed by atoms with Gasteiger partial charge < -0.3 is 14.8 Å². The molecule has 3 rings (SSSR count). The second-order valence-electron chi connectivity index (χ2n) is 6.24. The molecule has 0 radical (unpaired) electrons. The van der Waals surface area contributed by atoms with Gasteiger partial charge in [0.1, 0.15) is 0 Å².